The molecule has 0 aromatic rings. The van der Waals surface area contributed by atoms with Crippen LogP contribution in [0.5, 0.6) is 0 Å². The fraction of sp³-hybridized carbons (Fsp3) is 1.00. The van der Waals surface area contributed by atoms with E-state index in [9.17, 15) is 0 Å². The van der Waals surface area contributed by atoms with Crippen LogP contribution in [-0.4, -0.2) is 42.7 Å². The summed E-state index contributed by atoms with van der Waals surface area (Å²) in [5, 5.41) is 3.85. The van der Waals surface area contributed by atoms with E-state index in [1.807, 2.05) is 0 Å². The van der Waals surface area contributed by atoms with Crippen LogP contribution in [0.4, 0.5) is 0 Å². The molecule has 1 aliphatic heterocycles. The lowest BCUT2D eigenvalue weighted by molar-refractivity contribution is 0.215. The van der Waals surface area contributed by atoms with Gasteiger partial charge in [0, 0.05) is 24.7 Å². The van der Waals surface area contributed by atoms with Crippen molar-refractivity contribution in [1.82, 2.24) is 10.2 Å². The first-order valence-corrected chi connectivity index (χ1v) is 8.25. The van der Waals surface area contributed by atoms with Crippen molar-refractivity contribution < 1.29 is 0 Å². The summed E-state index contributed by atoms with van der Waals surface area (Å²) in [6, 6.07) is 0.666. The van der Waals surface area contributed by atoms with Crippen molar-refractivity contribution in [3.05, 3.63) is 0 Å². The standard InChI is InChI=1S/C16H33N3/c1-13(2)19-9-4-7-16(12-17,8-10-19)18-11-14(3)15-5-6-15/h13-15,18H,4-12,17H2,1-3H3. The van der Waals surface area contributed by atoms with Crippen LogP contribution in [0.15, 0.2) is 0 Å². The molecular formula is C16H33N3. The molecule has 1 saturated carbocycles. The van der Waals surface area contributed by atoms with Gasteiger partial charge in [0.1, 0.15) is 0 Å². The lowest BCUT2D eigenvalue weighted by Crippen LogP contribution is -2.53. The molecule has 2 fully saturated rings. The Morgan fingerprint density at radius 2 is 1.95 bits per heavy atom. The molecule has 2 rings (SSSR count). The molecule has 0 amide bonds. The van der Waals surface area contributed by atoms with E-state index in [-0.39, 0.29) is 5.54 Å². The quantitative estimate of drug-likeness (QED) is 0.775. The highest BCUT2D eigenvalue weighted by atomic mass is 15.2. The van der Waals surface area contributed by atoms with Crippen molar-refractivity contribution in [3.8, 4) is 0 Å². The highest BCUT2D eigenvalue weighted by Gasteiger charge is 2.34. The third-order valence-electron chi connectivity index (χ3n) is 5.33. The van der Waals surface area contributed by atoms with Crippen LogP contribution < -0.4 is 11.1 Å². The van der Waals surface area contributed by atoms with Crippen molar-refractivity contribution in [2.24, 2.45) is 17.6 Å². The maximum absolute atomic E-state index is 6.13. The van der Waals surface area contributed by atoms with E-state index >= 15 is 0 Å². The molecule has 19 heavy (non-hydrogen) atoms. The lowest BCUT2D eigenvalue weighted by Gasteiger charge is -2.34. The number of hydrogen-bond acceptors (Lipinski definition) is 3. The van der Waals surface area contributed by atoms with Gasteiger partial charge in [-0.15, -0.1) is 0 Å². The molecule has 0 aromatic carbocycles. The zero-order valence-corrected chi connectivity index (χ0v) is 13.1. The summed E-state index contributed by atoms with van der Waals surface area (Å²) in [6.45, 7) is 11.4. The Bertz CT molecular complexity index is 275. The highest BCUT2D eigenvalue weighted by molar-refractivity contribution is 4.94. The van der Waals surface area contributed by atoms with Crippen LogP contribution in [0, 0.1) is 11.8 Å². The molecule has 0 radical (unpaired) electrons. The molecule has 3 N–H and O–H groups in total. The molecule has 1 heterocycles. The van der Waals surface area contributed by atoms with Crippen LogP contribution in [-0.2, 0) is 0 Å². The summed E-state index contributed by atoms with van der Waals surface area (Å²) in [7, 11) is 0. The summed E-state index contributed by atoms with van der Waals surface area (Å²) in [6.07, 6.45) is 6.61. The molecule has 0 bridgehead atoms. The van der Waals surface area contributed by atoms with Crippen LogP contribution in [0.3, 0.4) is 0 Å². The number of hydrogen-bond donors (Lipinski definition) is 2. The Hall–Kier alpha value is -0.120. The van der Waals surface area contributed by atoms with E-state index in [1.165, 1.54) is 45.2 Å². The average Bonchev–Trinajstić information content (AvgIpc) is 3.22. The maximum Gasteiger partial charge on any atom is 0.0316 e. The second-order valence-electron chi connectivity index (χ2n) is 7.16. The molecule has 2 unspecified atom stereocenters. The SMILES string of the molecule is CC(CNC1(CN)CCCN(C(C)C)CC1)C1CC1. The minimum absolute atomic E-state index is 0.201. The summed E-state index contributed by atoms with van der Waals surface area (Å²) < 4.78 is 0. The summed E-state index contributed by atoms with van der Waals surface area (Å²) >= 11 is 0. The third-order valence-corrected chi connectivity index (χ3v) is 5.33. The Labute approximate surface area is 119 Å². The normalized spacial score (nSPS) is 31.4. The Morgan fingerprint density at radius 3 is 2.53 bits per heavy atom. The first-order chi connectivity index (χ1) is 9.06. The largest absolute Gasteiger partial charge is 0.329 e. The summed E-state index contributed by atoms with van der Waals surface area (Å²) in [5.74, 6) is 1.81. The minimum atomic E-state index is 0.201. The van der Waals surface area contributed by atoms with E-state index in [1.54, 1.807) is 0 Å². The first kappa shape index (κ1) is 15.3. The van der Waals surface area contributed by atoms with Crippen molar-refractivity contribution in [2.75, 3.05) is 26.2 Å². The average molecular weight is 267 g/mol. The summed E-state index contributed by atoms with van der Waals surface area (Å²) in [5.41, 5.74) is 6.33. The molecule has 1 saturated heterocycles. The van der Waals surface area contributed by atoms with Gasteiger partial charge in [-0.3, -0.25) is 0 Å². The van der Waals surface area contributed by atoms with Gasteiger partial charge >= 0.3 is 0 Å². The fourth-order valence-electron chi connectivity index (χ4n) is 3.39. The topological polar surface area (TPSA) is 41.3 Å². The van der Waals surface area contributed by atoms with Crippen molar-refractivity contribution in [2.45, 2.75) is 64.5 Å². The third kappa shape index (κ3) is 4.17. The Morgan fingerprint density at radius 1 is 1.21 bits per heavy atom. The van der Waals surface area contributed by atoms with Crippen molar-refractivity contribution >= 4 is 0 Å². The lowest BCUT2D eigenvalue weighted by atomic mass is 9.89. The predicted molar refractivity (Wildman–Crippen MR) is 82.2 cm³/mol. The Kier molecular flexibility index (Phi) is 5.27. The van der Waals surface area contributed by atoms with Gasteiger partial charge < -0.3 is 16.0 Å². The van der Waals surface area contributed by atoms with Crippen molar-refractivity contribution in [1.29, 1.82) is 0 Å². The molecule has 3 heteroatoms. The first-order valence-electron chi connectivity index (χ1n) is 8.25. The van der Waals surface area contributed by atoms with Crippen molar-refractivity contribution in [3.63, 3.8) is 0 Å². The highest BCUT2D eigenvalue weighted by Crippen LogP contribution is 2.36. The molecule has 0 aromatic heterocycles. The number of likely N-dealkylation sites (tertiary alicyclic amines) is 1. The Balaban J connectivity index is 1.85. The van der Waals surface area contributed by atoms with E-state index in [2.05, 4.69) is 31.0 Å². The summed E-state index contributed by atoms with van der Waals surface area (Å²) in [4.78, 5) is 2.60. The van der Waals surface area contributed by atoms with Crippen LogP contribution in [0.2, 0.25) is 0 Å². The van der Waals surface area contributed by atoms with E-state index < -0.39 is 0 Å². The number of rotatable bonds is 6. The molecular weight excluding hydrogens is 234 g/mol. The zero-order chi connectivity index (χ0) is 13.9. The number of nitrogens with two attached hydrogens (primary N) is 1. The molecule has 1 aliphatic carbocycles. The van der Waals surface area contributed by atoms with Gasteiger partial charge in [0.25, 0.3) is 0 Å². The number of nitrogens with zero attached hydrogens (tertiary/aromatic N) is 1. The second-order valence-corrected chi connectivity index (χ2v) is 7.16. The van der Waals surface area contributed by atoms with Crippen LogP contribution in [0.25, 0.3) is 0 Å². The van der Waals surface area contributed by atoms with Crippen LogP contribution >= 0.6 is 0 Å². The minimum Gasteiger partial charge on any atom is -0.329 e. The number of nitrogens with one attached hydrogen (secondary N) is 1. The predicted octanol–water partition coefficient (Wildman–Crippen LogP) is 2.21. The van der Waals surface area contributed by atoms with Gasteiger partial charge in [-0.1, -0.05) is 6.92 Å². The monoisotopic (exact) mass is 267 g/mol. The molecule has 2 atom stereocenters. The molecule has 0 spiro atoms. The van der Waals surface area contributed by atoms with Gasteiger partial charge in [0.05, 0.1) is 0 Å². The van der Waals surface area contributed by atoms with E-state index in [0.29, 0.717) is 6.04 Å². The van der Waals surface area contributed by atoms with Crippen LogP contribution in [0.1, 0.15) is 52.9 Å². The van der Waals surface area contributed by atoms with Gasteiger partial charge in [-0.05, 0) is 70.9 Å². The molecule has 3 nitrogen and oxygen atoms in total. The maximum atomic E-state index is 6.13. The van der Waals surface area contributed by atoms with Gasteiger partial charge in [-0.2, -0.15) is 0 Å². The molecule has 112 valence electrons. The smallest absolute Gasteiger partial charge is 0.0316 e. The van der Waals surface area contributed by atoms with E-state index in [0.717, 1.165) is 24.9 Å². The zero-order valence-electron chi connectivity index (χ0n) is 13.1. The van der Waals surface area contributed by atoms with Gasteiger partial charge in [-0.25, -0.2) is 0 Å². The van der Waals surface area contributed by atoms with E-state index in [4.69, 9.17) is 5.73 Å². The fourth-order valence-corrected chi connectivity index (χ4v) is 3.39. The second kappa shape index (κ2) is 6.55. The van der Waals surface area contributed by atoms with Gasteiger partial charge in [0.15, 0.2) is 0 Å². The molecule has 2 aliphatic rings. The van der Waals surface area contributed by atoms with Gasteiger partial charge in [0.2, 0.25) is 0 Å².